The molecular weight excluding hydrogens is 327 g/mol. The molecule has 2 N–H and O–H groups in total. The van der Waals surface area contributed by atoms with Crippen molar-refractivity contribution in [2.45, 2.75) is 38.0 Å². The molecule has 0 saturated carbocycles. The first-order chi connectivity index (χ1) is 11.3. The van der Waals surface area contributed by atoms with Crippen LogP contribution in [-0.4, -0.2) is 28.9 Å². The van der Waals surface area contributed by atoms with Gasteiger partial charge in [0.2, 0.25) is 0 Å². The molecule has 0 spiro atoms. The van der Waals surface area contributed by atoms with Gasteiger partial charge in [0, 0.05) is 28.6 Å². The molecule has 1 unspecified atom stereocenters. The van der Waals surface area contributed by atoms with E-state index in [1.165, 1.54) is 12.1 Å². The molecule has 0 bridgehead atoms. The van der Waals surface area contributed by atoms with E-state index in [0.29, 0.717) is 17.8 Å². The Bertz CT molecular complexity index is 748. The molecule has 0 aliphatic carbocycles. The summed E-state index contributed by atoms with van der Waals surface area (Å²) in [4.78, 5) is 13.3. The van der Waals surface area contributed by atoms with E-state index in [0.717, 1.165) is 17.7 Å². The van der Waals surface area contributed by atoms with Crippen LogP contribution >= 0.6 is 11.9 Å². The maximum atomic E-state index is 14.2. The summed E-state index contributed by atoms with van der Waals surface area (Å²) < 4.78 is 17.6. The SMILES string of the molecule is CC(C)(C)SNC1CCN2C(CO)=CC(=C=O)c3cc(F)cc1c32. The lowest BCUT2D eigenvalue weighted by molar-refractivity contribution is 0.325. The van der Waals surface area contributed by atoms with E-state index in [1.54, 1.807) is 18.0 Å². The largest absolute Gasteiger partial charge is 0.390 e. The number of allylic oxidation sites excluding steroid dienone is 2. The van der Waals surface area contributed by atoms with Gasteiger partial charge in [-0.25, -0.2) is 9.18 Å². The average Bonchev–Trinajstić information content (AvgIpc) is 2.53. The van der Waals surface area contributed by atoms with Crippen LogP contribution in [0.1, 0.15) is 44.4 Å². The molecule has 0 amide bonds. The quantitative estimate of drug-likeness (QED) is 0.649. The summed E-state index contributed by atoms with van der Waals surface area (Å²) in [6, 6.07) is 2.88. The van der Waals surface area contributed by atoms with Gasteiger partial charge in [0.05, 0.1) is 17.9 Å². The van der Waals surface area contributed by atoms with Gasteiger partial charge in [-0.2, -0.15) is 0 Å². The topological polar surface area (TPSA) is 52.6 Å². The molecule has 0 aromatic heterocycles. The Kier molecular flexibility index (Phi) is 4.58. The molecule has 128 valence electrons. The van der Waals surface area contributed by atoms with Crippen molar-refractivity contribution in [3.8, 4) is 0 Å². The Morgan fingerprint density at radius 2 is 2.21 bits per heavy atom. The number of rotatable bonds is 3. The van der Waals surface area contributed by atoms with E-state index in [1.807, 2.05) is 10.8 Å². The highest BCUT2D eigenvalue weighted by Gasteiger charge is 2.34. The highest BCUT2D eigenvalue weighted by atomic mass is 32.2. The Morgan fingerprint density at radius 1 is 1.46 bits per heavy atom. The Hall–Kier alpha value is -1.59. The zero-order chi connectivity index (χ0) is 17.5. The van der Waals surface area contributed by atoms with E-state index in [9.17, 15) is 14.3 Å². The second-order valence-corrected chi connectivity index (χ2v) is 8.69. The van der Waals surface area contributed by atoms with Crippen LogP contribution in [0, 0.1) is 5.82 Å². The lowest BCUT2D eigenvalue weighted by Gasteiger charge is -2.40. The smallest absolute Gasteiger partial charge is 0.133 e. The van der Waals surface area contributed by atoms with Crippen LogP contribution in [0.15, 0.2) is 23.9 Å². The summed E-state index contributed by atoms with van der Waals surface area (Å²) in [5, 5.41) is 9.63. The second kappa shape index (κ2) is 6.37. The van der Waals surface area contributed by atoms with Crippen molar-refractivity contribution in [3.63, 3.8) is 0 Å². The van der Waals surface area contributed by atoms with Gasteiger partial charge in [-0.15, -0.1) is 0 Å². The third-order valence-corrected chi connectivity index (χ3v) is 5.13. The number of nitrogens with zero attached hydrogens (tertiary/aromatic N) is 1. The number of carbonyl (C=O) groups excluding carboxylic acids is 1. The molecule has 2 aliphatic heterocycles. The summed E-state index contributed by atoms with van der Waals surface area (Å²) in [7, 11) is 0. The summed E-state index contributed by atoms with van der Waals surface area (Å²) in [5.74, 6) is 1.51. The minimum Gasteiger partial charge on any atom is -0.390 e. The van der Waals surface area contributed by atoms with Crippen LogP contribution in [-0.2, 0) is 4.79 Å². The Labute approximate surface area is 145 Å². The highest BCUT2D eigenvalue weighted by Crippen LogP contribution is 2.45. The summed E-state index contributed by atoms with van der Waals surface area (Å²) in [6.45, 7) is 6.87. The molecule has 3 rings (SSSR count). The molecule has 1 aromatic rings. The number of anilines is 1. The van der Waals surface area contributed by atoms with Crippen LogP contribution in [0.5, 0.6) is 0 Å². The van der Waals surface area contributed by atoms with Crippen molar-refractivity contribution in [1.82, 2.24) is 4.72 Å². The molecule has 2 heterocycles. The van der Waals surface area contributed by atoms with Gasteiger partial charge < -0.3 is 10.0 Å². The molecule has 2 aliphatic rings. The zero-order valence-corrected chi connectivity index (χ0v) is 14.8. The van der Waals surface area contributed by atoms with Crippen LogP contribution < -0.4 is 9.62 Å². The Balaban J connectivity index is 2.08. The van der Waals surface area contributed by atoms with Gasteiger partial charge in [0.15, 0.2) is 0 Å². The number of benzene rings is 1. The number of hydrogen-bond acceptors (Lipinski definition) is 5. The molecule has 6 heteroatoms. The summed E-state index contributed by atoms with van der Waals surface area (Å²) >= 11 is 1.62. The number of aliphatic hydroxyl groups excluding tert-OH is 1. The molecule has 0 fully saturated rings. The fourth-order valence-corrected chi connectivity index (χ4v) is 3.85. The van der Waals surface area contributed by atoms with E-state index in [2.05, 4.69) is 25.5 Å². The third kappa shape index (κ3) is 3.15. The number of hydrogen-bond donors (Lipinski definition) is 2. The lowest BCUT2D eigenvalue weighted by Crippen LogP contribution is -2.38. The minimum absolute atomic E-state index is 0.0131. The van der Waals surface area contributed by atoms with E-state index < -0.39 is 0 Å². The molecule has 1 aromatic carbocycles. The normalized spacial score (nSPS) is 19.7. The van der Waals surface area contributed by atoms with Crippen molar-refractivity contribution in [2.75, 3.05) is 18.1 Å². The van der Waals surface area contributed by atoms with E-state index in [4.69, 9.17) is 0 Å². The summed E-state index contributed by atoms with van der Waals surface area (Å²) in [6.07, 6.45) is 2.38. The molecule has 24 heavy (non-hydrogen) atoms. The first-order valence-electron chi connectivity index (χ1n) is 7.95. The van der Waals surface area contributed by atoms with Gasteiger partial charge in [0.1, 0.15) is 11.8 Å². The van der Waals surface area contributed by atoms with Gasteiger partial charge >= 0.3 is 0 Å². The minimum atomic E-state index is -0.369. The number of nitrogens with one attached hydrogen (secondary N) is 1. The van der Waals surface area contributed by atoms with Gasteiger partial charge in [-0.3, -0.25) is 4.72 Å². The number of halogens is 1. The van der Waals surface area contributed by atoms with Crippen molar-refractivity contribution in [1.29, 1.82) is 0 Å². The van der Waals surface area contributed by atoms with Crippen molar-refractivity contribution in [2.24, 2.45) is 0 Å². The van der Waals surface area contributed by atoms with E-state index in [-0.39, 0.29) is 28.8 Å². The van der Waals surface area contributed by atoms with Crippen LogP contribution in [0.2, 0.25) is 0 Å². The standard InChI is InChI=1S/C18H21FN2O2S/c1-18(2,3)24-20-16-4-5-21-13(10-23)6-11(9-22)14-7-12(19)8-15(16)17(14)21/h6-8,16,20,23H,4-5,10H2,1-3H3. The Morgan fingerprint density at radius 3 is 2.83 bits per heavy atom. The van der Waals surface area contributed by atoms with Gasteiger partial charge in [0.25, 0.3) is 0 Å². The van der Waals surface area contributed by atoms with Crippen LogP contribution in [0.4, 0.5) is 10.1 Å². The zero-order valence-electron chi connectivity index (χ0n) is 14.0. The third-order valence-electron chi connectivity index (χ3n) is 4.12. The molecule has 0 radical (unpaired) electrons. The van der Waals surface area contributed by atoms with Gasteiger partial charge in [-0.05, 0) is 51.0 Å². The predicted molar refractivity (Wildman–Crippen MR) is 95.9 cm³/mol. The van der Waals surface area contributed by atoms with Crippen molar-refractivity contribution in [3.05, 3.63) is 40.8 Å². The molecule has 4 nitrogen and oxygen atoms in total. The first-order valence-corrected chi connectivity index (χ1v) is 8.77. The highest BCUT2D eigenvalue weighted by molar-refractivity contribution is 7.98. The van der Waals surface area contributed by atoms with Gasteiger partial charge in [-0.1, -0.05) is 11.9 Å². The maximum absolute atomic E-state index is 14.2. The fraction of sp³-hybridized carbons (Fsp3) is 0.444. The maximum Gasteiger partial charge on any atom is 0.133 e. The summed E-state index contributed by atoms with van der Waals surface area (Å²) in [5.41, 5.74) is 3.11. The molecule has 0 saturated heterocycles. The monoisotopic (exact) mass is 348 g/mol. The average molecular weight is 348 g/mol. The predicted octanol–water partition coefficient (Wildman–Crippen LogP) is 3.22. The van der Waals surface area contributed by atoms with Crippen molar-refractivity contribution < 1.29 is 14.3 Å². The fourth-order valence-electron chi connectivity index (χ4n) is 3.11. The van der Waals surface area contributed by atoms with Crippen LogP contribution in [0.3, 0.4) is 0 Å². The van der Waals surface area contributed by atoms with E-state index >= 15 is 0 Å². The first kappa shape index (κ1) is 17.2. The molecular formula is C18H21FN2O2S. The second-order valence-electron chi connectivity index (χ2n) is 7.03. The van der Waals surface area contributed by atoms with Crippen LogP contribution in [0.25, 0.3) is 5.57 Å². The number of aliphatic hydroxyl groups is 1. The van der Waals surface area contributed by atoms with Crippen molar-refractivity contribution >= 4 is 29.1 Å². The lowest BCUT2D eigenvalue weighted by atomic mass is 9.88. The molecule has 1 atom stereocenters.